The molecule has 0 aromatic heterocycles. The molecule has 3 unspecified atom stereocenters. The van der Waals surface area contributed by atoms with E-state index in [1.54, 1.807) is 0 Å². The molecule has 0 aliphatic carbocycles. The number of carbonyl (C=O) groups is 1. The second-order valence-electron chi connectivity index (χ2n) is 16.1. The molecule has 3 N–H and O–H groups in total. The first-order valence-corrected chi connectivity index (χ1v) is 25.2. The molecule has 0 aromatic carbocycles. The number of hydrogen-bond donors (Lipinski definition) is 3. The van der Waals surface area contributed by atoms with Crippen LogP contribution in [0.25, 0.3) is 0 Å². The molecule has 0 heterocycles. The number of carbonyl (C=O) groups excluding carboxylic acids is 1. The van der Waals surface area contributed by atoms with Gasteiger partial charge in [0, 0.05) is 13.0 Å². The quantitative estimate of drug-likeness (QED) is 0.0238. The van der Waals surface area contributed by atoms with Gasteiger partial charge in [-0.25, -0.2) is 4.57 Å². The number of aliphatic hydroxyl groups excluding tert-OH is 2. The molecule has 0 aliphatic heterocycles. The summed E-state index contributed by atoms with van der Waals surface area (Å²) in [6, 6.07) is 0. The number of allylic oxidation sites excluding steroid dienone is 2. The minimum Gasteiger partial charge on any atom is -0.457 e. The van der Waals surface area contributed by atoms with Gasteiger partial charge in [-0.15, -0.1) is 0 Å². The van der Waals surface area contributed by atoms with Gasteiger partial charge in [0.05, 0.1) is 26.4 Å². The number of esters is 1. The molecule has 334 valence electrons. The number of ether oxygens (including phenoxy) is 2. The average molecular weight is 819 g/mol. The van der Waals surface area contributed by atoms with Crippen molar-refractivity contribution in [2.45, 2.75) is 244 Å². The van der Waals surface area contributed by atoms with E-state index < -0.39 is 33.2 Å². The van der Waals surface area contributed by atoms with Crippen LogP contribution in [-0.2, 0) is 27.9 Å². The summed E-state index contributed by atoms with van der Waals surface area (Å²) in [5.74, 6) is -0.379. The summed E-state index contributed by atoms with van der Waals surface area (Å²) in [5, 5.41) is 18.4. The Morgan fingerprint density at radius 1 is 0.536 bits per heavy atom. The molecule has 0 amide bonds. The molecule has 3 atom stereocenters. The van der Waals surface area contributed by atoms with Crippen molar-refractivity contribution in [1.82, 2.24) is 0 Å². The highest BCUT2D eigenvalue weighted by molar-refractivity contribution is 7.47. The second-order valence-corrected chi connectivity index (χ2v) is 17.6. The molecule has 0 fully saturated rings. The minimum absolute atomic E-state index is 0.0507. The standard InChI is InChI=1S/C46H91O9P/c1-3-5-7-9-11-13-15-17-19-20-21-22-23-24-25-26-28-30-32-34-36-38-46(49)55-45(43-54-56(50,51)53-41-44(48)40-47)42-52-39-37-35-33-31-29-27-18-16-14-12-10-8-6-4-2/h14,16,44-45,47-48H,3-13,15,17-43H2,1-2H3,(H,50,51)/b16-14-. The fourth-order valence-electron chi connectivity index (χ4n) is 6.82. The van der Waals surface area contributed by atoms with E-state index in [0.717, 1.165) is 44.9 Å². The zero-order valence-corrected chi connectivity index (χ0v) is 37.5. The monoisotopic (exact) mass is 819 g/mol. The summed E-state index contributed by atoms with van der Waals surface area (Å²) >= 11 is 0. The summed E-state index contributed by atoms with van der Waals surface area (Å²) in [6.45, 7) is 3.54. The largest absolute Gasteiger partial charge is 0.472 e. The van der Waals surface area contributed by atoms with E-state index in [1.807, 2.05) is 0 Å². The van der Waals surface area contributed by atoms with Crippen molar-refractivity contribution in [3.8, 4) is 0 Å². The first kappa shape index (κ1) is 55.2. The van der Waals surface area contributed by atoms with E-state index in [4.69, 9.17) is 23.6 Å². The molecule has 10 heteroatoms. The van der Waals surface area contributed by atoms with Crippen molar-refractivity contribution in [2.75, 3.05) is 33.0 Å². The molecule has 0 aliphatic rings. The average Bonchev–Trinajstić information content (AvgIpc) is 3.19. The minimum atomic E-state index is -4.51. The second kappa shape index (κ2) is 43.8. The van der Waals surface area contributed by atoms with Gasteiger partial charge in [-0.3, -0.25) is 13.8 Å². The Morgan fingerprint density at radius 3 is 1.36 bits per heavy atom. The van der Waals surface area contributed by atoms with Crippen LogP contribution >= 0.6 is 7.82 Å². The molecule has 0 radical (unpaired) electrons. The Bertz CT molecular complexity index is 887. The Kier molecular flexibility index (Phi) is 43.1. The molecule has 0 bridgehead atoms. The van der Waals surface area contributed by atoms with Gasteiger partial charge in [0.15, 0.2) is 0 Å². The van der Waals surface area contributed by atoms with Crippen LogP contribution in [0.15, 0.2) is 12.2 Å². The van der Waals surface area contributed by atoms with Gasteiger partial charge in [0.25, 0.3) is 0 Å². The number of unbranched alkanes of at least 4 members (excludes halogenated alkanes) is 30. The van der Waals surface area contributed by atoms with Crippen LogP contribution in [0.2, 0.25) is 0 Å². The maximum absolute atomic E-state index is 12.6. The lowest BCUT2D eigenvalue weighted by Gasteiger charge is -2.20. The van der Waals surface area contributed by atoms with E-state index >= 15 is 0 Å². The lowest BCUT2D eigenvalue weighted by molar-refractivity contribution is -0.154. The Labute approximate surface area is 345 Å². The molecule has 56 heavy (non-hydrogen) atoms. The smallest absolute Gasteiger partial charge is 0.457 e. The maximum atomic E-state index is 12.6. The van der Waals surface area contributed by atoms with E-state index in [0.29, 0.717) is 6.61 Å². The Morgan fingerprint density at radius 2 is 0.911 bits per heavy atom. The molecule has 0 saturated carbocycles. The van der Waals surface area contributed by atoms with E-state index in [9.17, 15) is 19.4 Å². The first-order valence-electron chi connectivity index (χ1n) is 23.7. The number of rotatable bonds is 46. The fourth-order valence-corrected chi connectivity index (χ4v) is 7.61. The SMILES string of the molecule is CCCCCC/C=C\CCCCCCCCOCC(COP(=O)(O)OCC(O)CO)OC(=O)CCCCCCCCCCCCCCCCCCCCCCC. The van der Waals surface area contributed by atoms with Crippen LogP contribution in [-0.4, -0.2) is 66.3 Å². The van der Waals surface area contributed by atoms with Gasteiger partial charge >= 0.3 is 13.8 Å². The summed E-state index contributed by atoms with van der Waals surface area (Å²) in [4.78, 5) is 22.6. The lowest BCUT2D eigenvalue weighted by Crippen LogP contribution is -2.29. The van der Waals surface area contributed by atoms with Gasteiger partial charge < -0.3 is 24.6 Å². The third-order valence-electron chi connectivity index (χ3n) is 10.5. The van der Waals surface area contributed by atoms with Gasteiger partial charge in [-0.1, -0.05) is 199 Å². The van der Waals surface area contributed by atoms with Crippen molar-refractivity contribution in [3.63, 3.8) is 0 Å². The van der Waals surface area contributed by atoms with E-state index in [2.05, 4.69) is 26.0 Å². The zero-order chi connectivity index (χ0) is 41.1. The first-order chi connectivity index (χ1) is 27.3. The van der Waals surface area contributed by atoms with Crippen LogP contribution in [0.1, 0.15) is 232 Å². The topological polar surface area (TPSA) is 132 Å². The predicted octanol–water partition coefficient (Wildman–Crippen LogP) is 13.3. The highest BCUT2D eigenvalue weighted by Gasteiger charge is 2.26. The molecule has 9 nitrogen and oxygen atoms in total. The Hall–Kier alpha value is -0.800. The van der Waals surface area contributed by atoms with Crippen molar-refractivity contribution in [1.29, 1.82) is 0 Å². The van der Waals surface area contributed by atoms with Crippen LogP contribution in [0.3, 0.4) is 0 Å². The van der Waals surface area contributed by atoms with Crippen LogP contribution < -0.4 is 0 Å². The number of hydrogen-bond acceptors (Lipinski definition) is 8. The van der Waals surface area contributed by atoms with Crippen LogP contribution in [0.4, 0.5) is 0 Å². The van der Waals surface area contributed by atoms with Crippen molar-refractivity contribution in [2.24, 2.45) is 0 Å². The molecular formula is C46H91O9P. The van der Waals surface area contributed by atoms with Gasteiger partial charge in [-0.05, 0) is 38.5 Å². The molecular weight excluding hydrogens is 727 g/mol. The van der Waals surface area contributed by atoms with Crippen molar-refractivity contribution in [3.05, 3.63) is 12.2 Å². The van der Waals surface area contributed by atoms with Gasteiger partial charge in [0.1, 0.15) is 12.2 Å². The van der Waals surface area contributed by atoms with E-state index in [1.165, 1.54) is 167 Å². The van der Waals surface area contributed by atoms with E-state index in [-0.39, 0.29) is 25.6 Å². The highest BCUT2D eigenvalue weighted by Crippen LogP contribution is 2.43. The summed E-state index contributed by atoms with van der Waals surface area (Å²) in [7, 11) is -4.51. The molecule has 0 aromatic rings. The predicted molar refractivity (Wildman–Crippen MR) is 233 cm³/mol. The number of phosphoric acid groups is 1. The summed E-state index contributed by atoms with van der Waals surface area (Å²) in [5.41, 5.74) is 0. The van der Waals surface area contributed by atoms with Crippen LogP contribution in [0.5, 0.6) is 0 Å². The number of phosphoric ester groups is 1. The van der Waals surface area contributed by atoms with Gasteiger partial charge in [0.2, 0.25) is 0 Å². The normalized spacial score (nSPS) is 14.0. The fraction of sp³-hybridized carbons (Fsp3) is 0.935. The van der Waals surface area contributed by atoms with Gasteiger partial charge in [-0.2, -0.15) is 0 Å². The zero-order valence-electron chi connectivity index (χ0n) is 36.6. The highest BCUT2D eigenvalue weighted by atomic mass is 31.2. The van der Waals surface area contributed by atoms with Crippen LogP contribution in [0, 0.1) is 0 Å². The lowest BCUT2D eigenvalue weighted by atomic mass is 10.0. The third-order valence-corrected chi connectivity index (χ3v) is 11.4. The maximum Gasteiger partial charge on any atom is 0.472 e. The number of aliphatic hydroxyl groups is 2. The molecule has 0 saturated heterocycles. The third kappa shape index (κ3) is 42.8. The summed E-state index contributed by atoms with van der Waals surface area (Å²) < 4.78 is 33.4. The molecule has 0 spiro atoms. The van der Waals surface area contributed by atoms with Crippen molar-refractivity contribution >= 4 is 13.8 Å². The molecule has 0 rings (SSSR count). The Balaban J connectivity index is 4.05. The summed E-state index contributed by atoms with van der Waals surface area (Å²) in [6.07, 6.45) is 44.6. The van der Waals surface area contributed by atoms with Crippen molar-refractivity contribution < 1.29 is 43.0 Å².